The molecule has 1 unspecified atom stereocenters. The van der Waals surface area contributed by atoms with Crippen LogP contribution in [-0.2, 0) is 14.1 Å². The van der Waals surface area contributed by atoms with Crippen LogP contribution in [-0.4, -0.2) is 6.29 Å². The van der Waals surface area contributed by atoms with Gasteiger partial charge >= 0.3 is 0 Å². The molecule has 0 bridgehead atoms. The molecule has 0 amide bonds. The van der Waals surface area contributed by atoms with Gasteiger partial charge in [0.25, 0.3) is 0 Å². The first-order valence-corrected chi connectivity index (χ1v) is 6.48. The normalized spacial score (nSPS) is 13.5. The highest BCUT2D eigenvalue weighted by atomic mass is 35.5. The molecule has 1 aromatic carbocycles. The maximum Gasteiger partial charge on any atom is 0.228 e. The first kappa shape index (κ1) is 14.7. The maximum atomic E-state index is 10.1. The quantitative estimate of drug-likeness (QED) is 0.354. The Labute approximate surface area is 107 Å². The summed E-state index contributed by atoms with van der Waals surface area (Å²) in [7, 11) is -5.20. The van der Waals surface area contributed by atoms with Gasteiger partial charge in [0.15, 0.2) is 0 Å². The second kappa shape index (κ2) is 6.02. The van der Waals surface area contributed by atoms with E-state index in [0.717, 1.165) is 0 Å². The predicted molar refractivity (Wildman–Crippen MR) is 56.3 cm³/mol. The van der Waals surface area contributed by atoms with Crippen LogP contribution in [0.4, 0.5) is 0 Å². The molecule has 1 rings (SSSR count). The van der Waals surface area contributed by atoms with Crippen LogP contribution >= 0.6 is 31.0 Å². The Morgan fingerprint density at radius 1 is 1.35 bits per heavy atom. The van der Waals surface area contributed by atoms with Gasteiger partial charge in [0.2, 0.25) is 6.29 Å². The van der Waals surface area contributed by atoms with Gasteiger partial charge in [-0.1, -0.05) is 23.2 Å². The zero-order chi connectivity index (χ0) is 13.1. The minimum Gasteiger partial charge on any atom is -0.788 e. The number of hydrogen-bond acceptors (Lipinski definition) is 6. The zero-order valence-corrected chi connectivity index (χ0v) is 10.9. The molecule has 9 heteroatoms. The van der Waals surface area contributed by atoms with Gasteiger partial charge in [-0.2, -0.15) is 4.89 Å². The van der Waals surface area contributed by atoms with Crippen LogP contribution in [0.3, 0.4) is 0 Å². The molecule has 1 aromatic rings. The molecule has 0 aromatic heterocycles. The van der Waals surface area contributed by atoms with Crippen LogP contribution in [0.5, 0.6) is 5.75 Å². The highest BCUT2D eigenvalue weighted by Crippen LogP contribution is 2.30. The second-order valence-corrected chi connectivity index (χ2v) is 4.77. The van der Waals surface area contributed by atoms with Crippen LogP contribution in [0.15, 0.2) is 18.2 Å². The van der Waals surface area contributed by atoms with Crippen molar-refractivity contribution in [3.8, 4) is 5.75 Å². The lowest BCUT2D eigenvalue weighted by atomic mass is 10.3. The van der Waals surface area contributed by atoms with Crippen molar-refractivity contribution >= 4 is 31.0 Å². The SMILES string of the molecule is CC(OOP(=O)([O-])[O-])Oc1ccc(Cl)cc1Cl. The van der Waals surface area contributed by atoms with Crippen molar-refractivity contribution < 1.29 is 28.7 Å². The highest BCUT2D eigenvalue weighted by Gasteiger charge is 2.09. The highest BCUT2D eigenvalue weighted by molar-refractivity contribution is 7.43. The third-order valence-corrected chi connectivity index (χ3v) is 2.26. The first-order valence-electron chi connectivity index (χ1n) is 4.27. The molecule has 1 atom stereocenters. The predicted octanol–water partition coefficient (Wildman–Crippen LogP) is 1.50. The van der Waals surface area contributed by atoms with Gasteiger partial charge in [-0.25, -0.2) is 4.67 Å². The molecular weight excluding hydrogens is 294 g/mol. The number of benzene rings is 1. The summed E-state index contributed by atoms with van der Waals surface area (Å²) >= 11 is 11.4. The fourth-order valence-electron chi connectivity index (χ4n) is 0.883. The van der Waals surface area contributed by atoms with E-state index in [1.165, 1.54) is 25.1 Å². The van der Waals surface area contributed by atoms with Gasteiger partial charge in [0, 0.05) is 11.9 Å². The lowest BCUT2D eigenvalue weighted by Crippen LogP contribution is -2.22. The van der Waals surface area contributed by atoms with Crippen molar-refractivity contribution in [2.75, 3.05) is 0 Å². The van der Waals surface area contributed by atoms with E-state index in [1.807, 2.05) is 0 Å². The summed E-state index contributed by atoms with van der Waals surface area (Å²) in [5, 5.41) is 0.621. The summed E-state index contributed by atoms with van der Waals surface area (Å²) in [6.45, 7) is 1.32. The van der Waals surface area contributed by atoms with Gasteiger partial charge in [0.05, 0.1) is 5.02 Å². The van der Waals surface area contributed by atoms with Gasteiger partial charge in [-0.3, -0.25) is 0 Å². The number of hydrogen-bond donors (Lipinski definition) is 0. The molecule has 0 saturated carbocycles. The van der Waals surface area contributed by atoms with Crippen LogP contribution in [0.25, 0.3) is 0 Å². The molecule has 0 aliphatic carbocycles. The average molecular weight is 301 g/mol. The van der Waals surface area contributed by atoms with E-state index < -0.39 is 14.1 Å². The van der Waals surface area contributed by atoms with E-state index in [1.54, 1.807) is 0 Å². The monoisotopic (exact) mass is 300 g/mol. The summed E-state index contributed by atoms with van der Waals surface area (Å²) in [6.07, 6.45) is -1.13. The summed E-state index contributed by atoms with van der Waals surface area (Å²) in [4.78, 5) is 24.4. The fourth-order valence-corrected chi connectivity index (χ4v) is 1.56. The Bertz CT molecular complexity index is 434. The standard InChI is InChI=1S/C8H9Cl2O6P/c1-5(15-16-17(11,12)13)14-8-3-2-6(9)4-7(8)10/h2-5H,1H3,(H2,11,12,13)/p-2. The largest absolute Gasteiger partial charge is 0.788 e. The molecule has 0 radical (unpaired) electrons. The molecule has 6 nitrogen and oxygen atoms in total. The molecule has 96 valence electrons. The number of rotatable bonds is 5. The smallest absolute Gasteiger partial charge is 0.228 e. The van der Waals surface area contributed by atoms with E-state index in [0.29, 0.717) is 5.02 Å². The summed E-state index contributed by atoms with van der Waals surface area (Å²) in [5.41, 5.74) is 0. The van der Waals surface area contributed by atoms with Crippen LogP contribution in [0.1, 0.15) is 6.92 Å². The van der Waals surface area contributed by atoms with Crippen molar-refractivity contribution in [2.24, 2.45) is 0 Å². The average Bonchev–Trinajstić information content (AvgIpc) is 2.18. The Hall–Kier alpha value is -0.330. The Balaban J connectivity index is 2.56. The van der Waals surface area contributed by atoms with Crippen molar-refractivity contribution in [1.29, 1.82) is 0 Å². The molecule has 0 saturated heterocycles. The Morgan fingerprint density at radius 2 is 2.00 bits per heavy atom. The molecule has 0 heterocycles. The maximum absolute atomic E-state index is 10.1. The topological polar surface area (TPSA) is 90.9 Å². The van der Waals surface area contributed by atoms with Crippen LogP contribution < -0.4 is 14.5 Å². The van der Waals surface area contributed by atoms with E-state index in [-0.39, 0.29) is 10.8 Å². The van der Waals surface area contributed by atoms with Crippen LogP contribution in [0, 0.1) is 0 Å². The van der Waals surface area contributed by atoms with E-state index >= 15 is 0 Å². The lowest BCUT2D eigenvalue weighted by molar-refractivity contribution is -0.409. The van der Waals surface area contributed by atoms with Crippen molar-refractivity contribution in [3.05, 3.63) is 28.2 Å². The first-order chi connectivity index (χ1) is 7.78. The molecule has 0 fully saturated rings. The van der Waals surface area contributed by atoms with E-state index in [2.05, 4.69) is 9.56 Å². The van der Waals surface area contributed by atoms with Crippen molar-refractivity contribution in [1.82, 2.24) is 0 Å². The van der Waals surface area contributed by atoms with Gasteiger partial charge in [-0.15, -0.1) is 0 Å². The van der Waals surface area contributed by atoms with Gasteiger partial charge < -0.3 is 19.1 Å². The molecule has 0 N–H and O–H groups in total. The van der Waals surface area contributed by atoms with Crippen molar-refractivity contribution in [3.63, 3.8) is 0 Å². The number of halogens is 2. The van der Waals surface area contributed by atoms with Crippen LogP contribution in [0.2, 0.25) is 10.0 Å². The molecular formula is C8H7Cl2O6P-2. The third kappa shape index (κ3) is 5.70. The Kier molecular flexibility index (Phi) is 5.22. The van der Waals surface area contributed by atoms with Gasteiger partial charge in [0.1, 0.15) is 13.6 Å². The summed E-state index contributed by atoms with van der Waals surface area (Å²) in [5.74, 6) is 0.207. The second-order valence-electron chi connectivity index (χ2n) is 2.88. The number of phosphoric acid groups is 1. The lowest BCUT2D eigenvalue weighted by Gasteiger charge is -2.27. The molecule has 0 aliphatic heterocycles. The van der Waals surface area contributed by atoms with Crippen molar-refractivity contribution in [2.45, 2.75) is 13.2 Å². The van der Waals surface area contributed by atoms with Gasteiger partial charge in [-0.05, 0) is 18.2 Å². The zero-order valence-electron chi connectivity index (χ0n) is 8.46. The van der Waals surface area contributed by atoms with E-state index in [9.17, 15) is 14.4 Å². The summed E-state index contributed by atoms with van der Waals surface area (Å²) in [6, 6.07) is 4.40. The molecule has 0 aliphatic rings. The molecule has 17 heavy (non-hydrogen) atoms. The minimum absolute atomic E-state index is 0.207. The minimum atomic E-state index is -5.20. The fraction of sp³-hybridized carbons (Fsp3) is 0.250. The molecule has 0 spiro atoms. The third-order valence-electron chi connectivity index (χ3n) is 1.46. The Morgan fingerprint density at radius 3 is 2.53 bits per heavy atom. The number of ether oxygens (including phenoxy) is 1. The summed E-state index contributed by atoms with van der Waals surface area (Å²) < 4.78 is 18.8. The van der Waals surface area contributed by atoms with E-state index in [4.69, 9.17) is 27.9 Å².